The third-order valence-corrected chi connectivity index (χ3v) is 15.6. The van der Waals surface area contributed by atoms with Crippen LogP contribution in [0, 0.1) is 11.8 Å². The Morgan fingerprint density at radius 3 is 1.39 bits per heavy atom. The molecule has 0 radical (unpaired) electrons. The fourth-order valence-corrected chi connectivity index (χ4v) is 10.8. The number of nitrogens with zero attached hydrogens (tertiary/aromatic N) is 2. The second-order valence-electron chi connectivity index (χ2n) is 22.3. The predicted octanol–water partition coefficient (Wildman–Crippen LogP) is 18.3. The van der Waals surface area contributed by atoms with Crippen LogP contribution in [-0.2, 0) is 19.1 Å². The van der Waals surface area contributed by atoms with Gasteiger partial charge in [-0.25, -0.2) is 0 Å². The minimum absolute atomic E-state index is 0.00320. The molecule has 1 aliphatic heterocycles. The monoisotopic (exact) mass is 975 g/mol. The van der Waals surface area contributed by atoms with Crippen molar-refractivity contribution in [2.24, 2.45) is 11.8 Å². The summed E-state index contributed by atoms with van der Waals surface area (Å²) in [5.41, 5.74) is 0. The molecule has 7 heteroatoms. The van der Waals surface area contributed by atoms with E-state index in [1.54, 1.807) is 0 Å². The van der Waals surface area contributed by atoms with Crippen molar-refractivity contribution >= 4 is 11.9 Å². The van der Waals surface area contributed by atoms with E-state index in [1.165, 1.54) is 225 Å². The van der Waals surface area contributed by atoms with E-state index in [1.807, 2.05) is 0 Å². The molecule has 0 aromatic heterocycles. The molecule has 1 heterocycles. The molecule has 1 aliphatic rings. The lowest BCUT2D eigenvalue weighted by atomic mass is 9.96. The van der Waals surface area contributed by atoms with Crippen molar-refractivity contribution in [2.45, 2.75) is 336 Å². The lowest BCUT2D eigenvalue weighted by Gasteiger charge is -2.33. The van der Waals surface area contributed by atoms with Gasteiger partial charge in [-0.1, -0.05) is 221 Å². The van der Waals surface area contributed by atoms with E-state index in [-0.39, 0.29) is 5.97 Å². The number of amides is 1. The summed E-state index contributed by atoms with van der Waals surface area (Å²) in [5, 5.41) is 10.7. The smallest absolute Gasteiger partial charge is 0.305 e. The van der Waals surface area contributed by atoms with Crippen molar-refractivity contribution in [2.75, 3.05) is 39.4 Å². The number of likely N-dealkylation sites (tertiary alicyclic amines) is 1. The van der Waals surface area contributed by atoms with E-state index in [2.05, 4.69) is 44.4 Å². The number of carbonyl (C=O) groups is 2. The summed E-state index contributed by atoms with van der Waals surface area (Å²) in [5.74, 6) is 1.53. The Balaban J connectivity index is 2.67. The normalized spacial score (nSPS) is 14.9. The van der Waals surface area contributed by atoms with Crippen LogP contribution in [0.5, 0.6) is 0 Å². The highest BCUT2D eigenvalue weighted by molar-refractivity contribution is 5.76. The first-order chi connectivity index (χ1) is 33.9. The minimum atomic E-state index is -0.623. The van der Waals surface area contributed by atoms with Gasteiger partial charge in [0.05, 0.1) is 13.2 Å². The Kier molecular flexibility index (Phi) is 48.0. The molecule has 410 valence electrons. The molecule has 1 N–H and O–H groups in total. The van der Waals surface area contributed by atoms with Gasteiger partial charge in [0.15, 0.2) is 6.29 Å². The summed E-state index contributed by atoms with van der Waals surface area (Å²) in [4.78, 5) is 31.8. The molecule has 0 bridgehead atoms. The van der Waals surface area contributed by atoms with E-state index >= 15 is 0 Å². The molecule has 4 unspecified atom stereocenters. The van der Waals surface area contributed by atoms with Gasteiger partial charge in [0.1, 0.15) is 0 Å². The fraction of sp³-hybridized carbons (Fsp3) is 0.968. The molecule has 4 atom stereocenters. The largest absolute Gasteiger partial charge is 0.465 e. The van der Waals surface area contributed by atoms with Crippen LogP contribution in [0.15, 0.2) is 0 Å². The summed E-state index contributed by atoms with van der Waals surface area (Å²) >= 11 is 0. The standard InChI is InChI=1S/C62H122N2O5/c1-6-11-16-19-20-25-30-38-54-64(60(65)48-37-39-51-63-52-40-41-53-63)59(46-33-26-21-23-28-35-49-61(66)68-55-57(42-14-9-4)44-31-17-12-7-2)47-34-27-22-24-29-36-50-62(67)69-56-58(43-15-10-5)45-32-18-13-8-3/h57-59,61,66H,6-56H2,1-5H3. The third kappa shape index (κ3) is 40.9. The first-order valence-electron chi connectivity index (χ1n) is 31.3. The number of aliphatic hydroxyl groups is 1. The van der Waals surface area contributed by atoms with Crippen molar-refractivity contribution in [1.29, 1.82) is 0 Å². The maximum Gasteiger partial charge on any atom is 0.305 e. The van der Waals surface area contributed by atoms with Gasteiger partial charge < -0.3 is 24.4 Å². The summed E-state index contributed by atoms with van der Waals surface area (Å²) < 4.78 is 11.8. The molecule has 0 aromatic carbocycles. The lowest BCUT2D eigenvalue weighted by Crippen LogP contribution is -2.41. The molecule has 1 saturated heterocycles. The Hall–Kier alpha value is -1.18. The SMILES string of the molecule is CCCCCCCCCCN(C(=O)CCCCN1CCCC1)C(CCCCCCCCC(=O)OCC(CCCC)CCCCCC)CCCCCCCCC(O)OCC(CCCC)CCCCCC. The molecule has 0 aliphatic carbocycles. The van der Waals surface area contributed by atoms with Gasteiger partial charge in [-0.15, -0.1) is 0 Å². The molecule has 1 fully saturated rings. The number of hydrogen-bond donors (Lipinski definition) is 1. The zero-order chi connectivity index (χ0) is 50.1. The first kappa shape index (κ1) is 65.8. The topological polar surface area (TPSA) is 79.3 Å². The molecule has 0 spiro atoms. The van der Waals surface area contributed by atoms with Crippen LogP contribution in [0.4, 0.5) is 0 Å². The predicted molar refractivity (Wildman–Crippen MR) is 298 cm³/mol. The van der Waals surface area contributed by atoms with Gasteiger partial charge >= 0.3 is 5.97 Å². The van der Waals surface area contributed by atoms with E-state index in [0.717, 1.165) is 77.3 Å². The maximum atomic E-state index is 14.2. The Bertz CT molecular complexity index is 1080. The molecule has 1 rings (SSSR count). The molecular formula is C62H122N2O5. The van der Waals surface area contributed by atoms with E-state index < -0.39 is 6.29 Å². The average Bonchev–Trinajstić information content (AvgIpc) is 3.88. The number of ether oxygens (including phenoxy) is 2. The summed E-state index contributed by atoms with van der Waals surface area (Å²) in [6.07, 6.45) is 52.8. The van der Waals surface area contributed by atoms with Crippen molar-refractivity contribution in [1.82, 2.24) is 9.80 Å². The molecule has 0 aromatic rings. The van der Waals surface area contributed by atoms with Crippen molar-refractivity contribution in [3.63, 3.8) is 0 Å². The van der Waals surface area contributed by atoms with Crippen molar-refractivity contribution in [3.8, 4) is 0 Å². The number of rotatable bonds is 54. The highest BCUT2D eigenvalue weighted by Gasteiger charge is 2.23. The van der Waals surface area contributed by atoms with Crippen LogP contribution in [0.1, 0.15) is 324 Å². The molecule has 69 heavy (non-hydrogen) atoms. The van der Waals surface area contributed by atoms with Crippen LogP contribution < -0.4 is 0 Å². The van der Waals surface area contributed by atoms with Gasteiger partial charge in [-0.2, -0.15) is 0 Å². The summed E-state index contributed by atoms with van der Waals surface area (Å²) in [6.45, 7) is 17.2. The van der Waals surface area contributed by atoms with E-state index in [4.69, 9.17) is 9.47 Å². The second kappa shape index (κ2) is 50.4. The third-order valence-electron chi connectivity index (χ3n) is 15.6. The van der Waals surface area contributed by atoms with Gasteiger partial charge in [-0.3, -0.25) is 9.59 Å². The lowest BCUT2D eigenvalue weighted by molar-refractivity contribution is -0.145. The molecule has 1 amide bonds. The molecular weight excluding hydrogens is 853 g/mol. The Morgan fingerprint density at radius 1 is 0.449 bits per heavy atom. The van der Waals surface area contributed by atoms with Crippen LogP contribution in [0.2, 0.25) is 0 Å². The quantitative estimate of drug-likeness (QED) is 0.0372. The second-order valence-corrected chi connectivity index (χ2v) is 22.3. The number of unbranched alkanes of at least 4 members (excludes halogenated alkanes) is 26. The highest BCUT2D eigenvalue weighted by Crippen LogP contribution is 2.24. The molecule has 0 saturated carbocycles. The number of carbonyl (C=O) groups excluding carboxylic acids is 2. The number of hydrogen-bond acceptors (Lipinski definition) is 6. The summed E-state index contributed by atoms with van der Waals surface area (Å²) in [7, 11) is 0. The van der Waals surface area contributed by atoms with Gasteiger partial charge in [0, 0.05) is 25.4 Å². The van der Waals surface area contributed by atoms with Crippen LogP contribution in [-0.4, -0.2) is 78.5 Å². The minimum Gasteiger partial charge on any atom is -0.465 e. The van der Waals surface area contributed by atoms with Crippen LogP contribution in [0.3, 0.4) is 0 Å². The van der Waals surface area contributed by atoms with E-state index in [9.17, 15) is 14.7 Å². The Labute approximate surface area is 431 Å². The molecule has 7 nitrogen and oxygen atoms in total. The van der Waals surface area contributed by atoms with Crippen LogP contribution in [0.25, 0.3) is 0 Å². The van der Waals surface area contributed by atoms with Crippen LogP contribution >= 0.6 is 0 Å². The zero-order valence-electron chi connectivity index (χ0n) is 47.3. The van der Waals surface area contributed by atoms with E-state index in [0.29, 0.717) is 49.8 Å². The number of esters is 1. The highest BCUT2D eigenvalue weighted by atomic mass is 16.6. The van der Waals surface area contributed by atoms with Gasteiger partial charge in [0.25, 0.3) is 0 Å². The van der Waals surface area contributed by atoms with Gasteiger partial charge in [-0.05, 0) is 121 Å². The van der Waals surface area contributed by atoms with Crippen molar-refractivity contribution < 1.29 is 24.2 Å². The average molecular weight is 976 g/mol. The Morgan fingerprint density at radius 2 is 0.855 bits per heavy atom. The first-order valence-corrected chi connectivity index (χ1v) is 31.3. The zero-order valence-corrected chi connectivity index (χ0v) is 47.3. The van der Waals surface area contributed by atoms with Crippen molar-refractivity contribution in [3.05, 3.63) is 0 Å². The maximum absolute atomic E-state index is 14.2. The number of aliphatic hydroxyl groups excluding tert-OH is 1. The van der Waals surface area contributed by atoms with Gasteiger partial charge in [0.2, 0.25) is 5.91 Å². The fourth-order valence-electron chi connectivity index (χ4n) is 10.8. The summed E-state index contributed by atoms with van der Waals surface area (Å²) in [6, 6.07) is 0.350.